The molecule has 8 atom stereocenters. The van der Waals surface area contributed by atoms with Crippen LogP contribution in [0.4, 0.5) is 4.39 Å². The number of ether oxygens (including phenoxy) is 1. The fraction of sp³-hybridized carbons (Fsp3) is 0.840. The van der Waals surface area contributed by atoms with Gasteiger partial charge in [0.1, 0.15) is 5.78 Å². The monoisotopic (exact) mass is 468 g/mol. The highest BCUT2D eigenvalue weighted by atomic mass is 35.5. The number of Topliss-reactive ketones (excluding diaryl/α,β-unsaturated/α-hetero) is 3. The number of esters is 1. The summed E-state index contributed by atoms with van der Waals surface area (Å²) >= 11 is 6.00. The highest BCUT2D eigenvalue weighted by molar-refractivity contribution is 6.29. The van der Waals surface area contributed by atoms with E-state index in [1.54, 1.807) is 6.92 Å². The van der Waals surface area contributed by atoms with Crippen molar-refractivity contribution in [3.05, 3.63) is 0 Å². The van der Waals surface area contributed by atoms with Crippen LogP contribution < -0.4 is 0 Å². The molecular formula is C25H34ClFO5. The van der Waals surface area contributed by atoms with E-state index in [4.69, 9.17) is 16.3 Å². The van der Waals surface area contributed by atoms with Crippen molar-refractivity contribution in [3.63, 3.8) is 0 Å². The van der Waals surface area contributed by atoms with E-state index in [1.807, 2.05) is 20.8 Å². The van der Waals surface area contributed by atoms with Crippen molar-refractivity contribution in [2.75, 3.05) is 5.88 Å². The smallest absolute Gasteiger partial charge is 0.306 e. The maximum absolute atomic E-state index is 17.2. The third kappa shape index (κ3) is 2.74. The minimum Gasteiger partial charge on any atom is -0.450 e. The molecule has 2 unspecified atom stereocenters. The van der Waals surface area contributed by atoms with Crippen LogP contribution in [0.1, 0.15) is 79.1 Å². The maximum Gasteiger partial charge on any atom is 0.306 e. The van der Waals surface area contributed by atoms with Crippen molar-refractivity contribution < 1.29 is 28.3 Å². The Bertz CT molecular complexity index is 874. The summed E-state index contributed by atoms with van der Waals surface area (Å²) in [7, 11) is 0. The molecule has 0 aliphatic heterocycles. The first-order chi connectivity index (χ1) is 14.9. The molecule has 0 spiro atoms. The van der Waals surface area contributed by atoms with Gasteiger partial charge in [-0.15, -0.1) is 11.6 Å². The van der Waals surface area contributed by atoms with Crippen LogP contribution in [0.3, 0.4) is 0 Å². The van der Waals surface area contributed by atoms with Gasteiger partial charge in [-0.2, -0.15) is 0 Å². The number of carbonyl (C=O) groups is 4. The molecule has 4 fully saturated rings. The van der Waals surface area contributed by atoms with Crippen molar-refractivity contribution in [1.29, 1.82) is 0 Å². The Morgan fingerprint density at radius 1 is 1.16 bits per heavy atom. The first-order valence-electron chi connectivity index (χ1n) is 12.0. The number of rotatable bonds is 4. The molecule has 4 saturated carbocycles. The second-order valence-electron chi connectivity index (χ2n) is 11.1. The van der Waals surface area contributed by atoms with Gasteiger partial charge >= 0.3 is 5.97 Å². The van der Waals surface area contributed by atoms with Crippen molar-refractivity contribution in [3.8, 4) is 0 Å². The first kappa shape index (κ1) is 23.8. The van der Waals surface area contributed by atoms with E-state index in [2.05, 4.69) is 0 Å². The lowest BCUT2D eigenvalue weighted by atomic mass is 9.42. The van der Waals surface area contributed by atoms with E-state index < -0.39 is 45.6 Å². The molecule has 4 aliphatic rings. The zero-order chi connectivity index (χ0) is 23.7. The lowest BCUT2D eigenvalue weighted by molar-refractivity contribution is -0.215. The van der Waals surface area contributed by atoms with Gasteiger partial charge in [0.15, 0.2) is 22.8 Å². The summed E-state index contributed by atoms with van der Waals surface area (Å²) in [6.07, 6.45) is 2.65. The summed E-state index contributed by atoms with van der Waals surface area (Å²) in [6, 6.07) is 0. The molecule has 4 rings (SSSR count). The van der Waals surface area contributed by atoms with Crippen LogP contribution >= 0.6 is 11.6 Å². The van der Waals surface area contributed by atoms with Crippen LogP contribution in [0.25, 0.3) is 0 Å². The molecule has 0 aromatic carbocycles. The summed E-state index contributed by atoms with van der Waals surface area (Å²) < 4.78 is 23.1. The molecule has 0 radical (unpaired) electrons. The van der Waals surface area contributed by atoms with E-state index >= 15 is 4.39 Å². The minimum absolute atomic E-state index is 0.100. The van der Waals surface area contributed by atoms with Crippen LogP contribution in [0, 0.1) is 34.5 Å². The summed E-state index contributed by atoms with van der Waals surface area (Å²) in [5.41, 5.74) is -5.44. The number of fused-ring (bicyclic) bond motifs is 5. The standard InChI is InChI=1S/C25H34ClFO5/c1-5-21(31)32-25(20(30)13-26)14(2)10-18-17-7-6-15-11-16(28)8-9-22(15,3)24(17,27)19(29)12-23(18,25)4/h14-15,17-18H,5-13H2,1-4H3/t14?,15?,17-,18-,22-,23-,24-,25-/m0/s1. The van der Waals surface area contributed by atoms with Gasteiger partial charge in [-0.1, -0.05) is 27.7 Å². The van der Waals surface area contributed by atoms with Gasteiger partial charge in [0.05, 0.1) is 5.88 Å². The Kier molecular flexibility index (Phi) is 5.67. The predicted molar refractivity (Wildman–Crippen MR) is 117 cm³/mol. The molecule has 7 heteroatoms. The summed E-state index contributed by atoms with van der Waals surface area (Å²) in [5, 5.41) is 0. The highest BCUT2D eigenvalue weighted by Gasteiger charge is 2.78. The van der Waals surface area contributed by atoms with E-state index in [1.165, 1.54) is 0 Å². The Balaban J connectivity index is 1.82. The zero-order valence-electron chi connectivity index (χ0n) is 19.5. The fourth-order valence-corrected chi connectivity index (χ4v) is 8.51. The second kappa shape index (κ2) is 7.61. The SMILES string of the molecule is CCC(=O)O[C@]1(C(=O)CCl)C(C)C[C@H]2[C@@H]3CCC4CC(=O)CC[C@]4(C)[C@@]3(F)C(=O)C[C@@]21C. The molecule has 178 valence electrons. The number of hydrogen-bond donors (Lipinski definition) is 0. The van der Waals surface area contributed by atoms with E-state index in [0.717, 1.165) is 0 Å². The molecule has 0 saturated heterocycles. The van der Waals surface area contributed by atoms with E-state index in [-0.39, 0.29) is 42.3 Å². The topological polar surface area (TPSA) is 77.5 Å². The van der Waals surface area contributed by atoms with Gasteiger partial charge in [0.2, 0.25) is 0 Å². The Morgan fingerprint density at radius 3 is 2.47 bits per heavy atom. The van der Waals surface area contributed by atoms with Gasteiger partial charge in [0.25, 0.3) is 0 Å². The summed E-state index contributed by atoms with van der Waals surface area (Å²) in [6.45, 7) is 7.19. The van der Waals surface area contributed by atoms with Crippen LogP contribution in [0.15, 0.2) is 0 Å². The van der Waals surface area contributed by atoms with Crippen LogP contribution in [0.2, 0.25) is 0 Å². The molecule has 0 heterocycles. The Labute approximate surface area is 194 Å². The van der Waals surface area contributed by atoms with Gasteiger partial charge in [-0.25, -0.2) is 4.39 Å². The molecule has 0 N–H and O–H groups in total. The molecule has 0 amide bonds. The number of ketones is 3. The Hall–Kier alpha value is -1.30. The molecule has 5 nitrogen and oxygen atoms in total. The van der Waals surface area contributed by atoms with Crippen LogP contribution in [0.5, 0.6) is 0 Å². The van der Waals surface area contributed by atoms with E-state index in [9.17, 15) is 19.2 Å². The summed E-state index contributed by atoms with van der Waals surface area (Å²) in [4.78, 5) is 51.6. The van der Waals surface area contributed by atoms with Gasteiger partial charge in [0, 0.05) is 48.3 Å². The van der Waals surface area contributed by atoms with Crippen molar-refractivity contribution in [2.45, 2.75) is 90.3 Å². The number of halogens is 2. The largest absolute Gasteiger partial charge is 0.450 e. The maximum atomic E-state index is 17.2. The van der Waals surface area contributed by atoms with Gasteiger partial charge < -0.3 is 4.74 Å². The average molecular weight is 469 g/mol. The Morgan fingerprint density at radius 2 is 1.84 bits per heavy atom. The lowest BCUT2D eigenvalue weighted by Gasteiger charge is -2.62. The van der Waals surface area contributed by atoms with Crippen molar-refractivity contribution >= 4 is 34.9 Å². The van der Waals surface area contributed by atoms with Gasteiger partial charge in [-0.3, -0.25) is 19.2 Å². The third-order valence-electron chi connectivity index (χ3n) is 9.95. The van der Waals surface area contributed by atoms with Gasteiger partial charge in [-0.05, 0) is 37.5 Å². The lowest BCUT2D eigenvalue weighted by Crippen LogP contribution is -2.70. The molecule has 0 aromatic heterocycles. The quantitative estimate of drug-likeness (QED) is 0.444. The highest BCUT2D eigenvalue weighted by Crippen LogP contribution is 2.71. The first-order valence-corrected chi connectivity index (χ1v) is 12.5. The molecule has 32 heavy (non-hydrogen) atoms. The zero-order valence-corrected chi connectivity index (χ0v) is 20.2. The normalized spacial score (nSPS) is 47.9. The summed E-state index contributed by atoms with van der Waals surface area (Å²) in [5.74, 6) is -2.94. The second-order valence-corrected chi connectivity index (χ2v) is 11.4. The number of carbonyl (C=O) groups excluding carboxylic acids is 4. The van der Waals surface area contributed by atoms with Crippen molar-refractivity contribution in [2.24, 2.45) is 34.5 Å². The molecular weight excluding hydrogens is 435 g/mol. The van der Waals surface area contributed by atoms with E-state index in [0.29, 0.717) is 38.5 Å². The molecule has 0 bridgehead atoms. The predicted octanol–water partition coefficient (Wildman–Crippen LogP) is 4.62. The number of hydrogen-bond acceptors (Lipinski definition) is 5. The molecule has 0 aromatic rings. The van der Waals surface area contributed by atoms with Crippen LogP contribution in [-0.4, -0.2) is 40.5 Å². The molecule has 4 aliphatic carbocycles. The van der Waals surface area contributed by atoms with Crippen molar-refractivity contribution in [1.82, 2.24) is 0 Å². The fourth-order valence-electron chi connectivity index (χ4n) is 8.31. The minimum atomic E-state index is -2.03. The average Bonchev–Trinajstić information content (AvgIpc) is 2.96. The third-order valence-corrected chi connectivity index (χ3v) is 10.2. The van der Waals surface area contributed by atoms with Crippen LogP contribution in [-0.2, 0) is 23.9 Å². The number of alkyl halides is 2.